The largest absolute Gasteiger partial charge is 0.348 e. The second-order valence-electron chi connectivity index (χ2n) is 6.21. The molecule has 1 aliphatic rings. The van der Waals surface area contributed by atoms with Gasteiger partial charge in [-0.1, -0.05) is 30.3 Å². The minimum absolute atomic E-state index is 0.0496. The van der Waals surface area contributed by atoms with Crippen molar-refractivity contribution in [2.24, 2.45) is 0 Å². The standard InChI is InChI=1S/C18H19N5O/c24-18(14-6-7-16-17(10-14)21-22-20-16)19-15-8-9-23(12-15)11-13-4-2-1-3-5-13/h1-7,10,15H,8-9,11-12H2,(H,19,24)(H,20,21,22)/t15-/m0/s1. The number of aromatic amines is 1. The monoisotopic (exact) mass is 321 g/mol. The van der Waals surface area contributed by atoms with Gasteiger partial charge in [-0.05, 0) is 30.2 Å². The molecule has 0 aliphatic carbocycles. The lowest BCUT2D eigenvalue weighted by Gasteiger charge is -2.16. The Morgan fingerprint density at radius 1 is 1.17 bits per heavy atom. The zero-order valence-electron chi connectivity index (χ0n) is 13.3. The third kappa shape index (κ3) is 3.14. The van der Waals surface area contributed by atoms with E-state index in [9.17, 15) is 4.79 Å². The summed E-state index contributed by atoms with van der Waals surface area (Å²) in [5.74, 6) is -0.0496. The topological polar surface area (TPSA) is 73.9 Å². The minimum Gasteiger partial charge on any atom is -0.348 e. The van der Waals surface area contributed by atoms with Crippen LogP contribution in [0.2, 0.25) is 0 Å². The SMILES string of the molecule is O=C(N[C@H]1CCN(Cc2ccccc2)C1)c1ccc2n[nH]nc2c1. The van der Waals surface area contributed by atoms with E-state index in [0.717, 1.165) is 31.6 Å². The van der Waals surface area contributed by atoms with Crippen LogP contribution in [0.1, 0.15) is 22.3 Å². The van der Waals surface area contributed by atoms with Gasteiger partial charge in [0.2, 0.25) is 0 Å². The van der Waals surface area contributed by atoms with Crippen LogP contribution in [0.5, 0.6) is 0 Å². The van der Waals surface area contributed by atoms with Crippen LogP contribution in [-0.4, -0.2) is 45.3 Å². The molecule has 0 bridgehead atoms. The lowest BCUT2D eigenvalue weighted by Crippen LogP contribution is -2.36. The van der Waals surface area contributed by atoms with Crippen LogP contribution in [0.4, 0.5) is 0 Å². The number of carbonyl (C=O) groups is 1. The minimum atomic E-state index is -0.0496. The molecule has 2 heterocycles. The predicted octanol–water partition coefficient (Wildman–Crippen LogP) is 1.96. The van der Waals surface area contributed by atoms with E-state index in [1.807, 2.05) is 12.1 Å². The van der Waals surface area contributed by atoms with Gasteiger partial charge in [0.05, 0.1) is 0 Å². The first-order chi connectivity index (χ1) is 11.8. The molecule has 6 nitrogen and oxygen atoms in total. The number of fused-ring (bicyclic) bond motifs is 1. The number of aromatic nitrogens is 3. The van der Waals surface area contributed by atoms with Gasteiger partial charge in [-0.3, -0.25) is 9.69 Å². The number of benzene rings is 2. The Labute approximate surface area is 139 Å². The summed E-state index contributed by atoms with van der Waals surface area (Å²) in [6, 6.07) is 16.0. The summed E-state index contributed by atoms with van der Waals surface area (Å²) >= 11 is 0. The molecule has 24 heavy (non-hydrogen) atoms. The Morgan fingerprint density at radius 3 is 2.88 bits per heavy atom. The number of H-pyrrole nitrogens is 1. The second kappa shape index (κ2) is 6.41. The highest BCUT2D eigenvalue weighted by atomic mass is 16.1. The Bertz CT molecular complexity index is 845. The van der Waals surface area contributed by atoms with E-state index in [1.54, 1.807) is 12.1 Å². The van der Waals surface area contributed by atoms with Crippen molar-refractivity contribution in [2.75, 3.05) is 13.1 Å². The third-order valence-electron chi connectivity index (χ3n) is 4.44. The van der Waals surface area contributed by atoms with Gasteiger partial charge in [0.15, 0.2) is 0 Å². The van der Waals surface area contributed by atoms with Gasteiger partial charge in [-0.15, -0.1) is 0 Å². The molecule has 1 amide bonds. The van der Waals surface area contributed by atoms with Gasteiger partial charge in [-0.2, -0.15) is 15.4 Å². The van der Waals surface area contributed by atoms with Crippen molar-refractivity contribution in [2.45, 2.75) is 19.0 Å². The number of likely N-dealkylation sites (tertiary alicyclic amines) is 1. The molecule has 2 aromatic carbocycles. The zero-order chi connectivity index (χ0) is 16.4. The molecule has 122 valence electrons. The highest BCUT2D eigenvalue weighted by Crippen LogP contribution is 2.15. The molecule has 1 fully saturated rings. The summed E-state index contributed by atoms with van der Waals surface area (Å²) in [5.41, 5.74) is 3.40. The Kier molecular flexibility index (Phi) is 3.96. The van der Waals surface area contributed by atoms with E-state index in [0.29, 0.717) is 11.1 Å². The van der Waals surface area contributed by atoms with Gasteiger partial charge in [0.25, 0.3) is 5.91 Å². The summed E-state index contributed by atoms with van der Waals surface area (Å²) < 4.78 is 0. The molecular weight excluding hydrogens is 302 g/mol. The van der Waals surface area contributed by atoms with Crippen molar-refractivity contribution in [1.29, 1.82) is 0 Å². The van der Waals surface area contributed by atoms with E-state index in [-0.39, 0.29) is 11.9 Å². The number of nitrogens with zero attached hydrogens (tertiary/aromatic N) is 3. The number of hydrogen-bond donors (Lipinski definition) is 2. The first-order valence-corrected chi connectivity index (χ1v) is 8.15. The highest BCUT2D eigenvalue weighted by Gasteiger charge is 2.24. The molecule has 0 radical (unpaired) electrons. The lowest BCUT2D eigenvalue weighted by atomic mass is 10.1. The average molecular weight is 321 g/mol. The molecular formula is C18H19N5O. The molecule has 4 rings (SSSR count). The number of rotatable bonds is 4. The Morgan fingerprint density at radius 2 is 2.00 bits per heavy atom. The predicted molar refractivity (Wildman–Crippen MR) is 91.5 cm³/mol. The van der Waals surface area contributed by atoms with Crippen molar-refractivity contribution in [3.8, 4) is 0 Å². The summed E-state index contributed by atoms with van der Waals surface area (Å²) in [6.45, 7) is 2.81. The van der Waals surface area contributed by atoms with Crippen LogP contribution in [0.3, 0.4) is 0 Å². The summed E-state index contributed by atoms with van der Waals surface area (Å²) in [6.07, 6.45) is 0.977. The van der Waals surface area contributed by atoms with Gasteiger partial charge in [-0.25, -0.2) is 0 Å². The van der Waals surface area contributed by atoms with Crippen LogP contribution in [0.15, 0.2) is 48.5 Å². The fourth-order valence-electron chi connectivity index (χ4n) is 3.19. The normalized spacial score (nSPS) is 18.1. The molecule has 3 aromatic rings. The maximum atomic E-state index is 12.4. The smallest absolute Gasteiger partial charge is 0.251 e. The second-order valence-corrected chi connectivity index (χ2v) is 6.21. The average Bonchev–Trinajstić information content (AvgIpc) is 3.24. The number of carbonyl (C=O) groups excluding carboxylic acids is 1. The van der Waals surface area contributed by atoms with Crippen molar-refractivity contribution >= 4 is 16.9 Å². The van der Waals surface area contributed by atoms with Gasteiger partial charge in [0, 0.05) is 31.2 Å². The van der Waals surface area contributed by atoms with E-state index in [4.69, 9.17) is 0 Å². The fraction of sp³-hybridized carbons (Fsp3) is 0.278. The molecule has 0 saturated carbocycles. The van der Waals surface area contributed by atoms with Crippen molar-refractivity contribution < 1.29 is 4.79 Å². The van der Waals surface area contributed by atoms with E-state index >= 15 is 0 Å². The quantitative estimate of drug-likeness (QED) is 0.770. The van der Waals surface area contributed by atoms with Crippen LogP contribution < -0.4 is 5.32 Å². The van der Waals surface area contributed by atoms with E-state index in [2.05, 4.69) is 49.9 Å². The van der Waals surface area contributed by atoms with Gasteiger partial charge in [0.1, 0.15) is 11.0 Å². The molecule has 1 aromatic heterocycles. The zero-order valence-corrected chi connectivity index (χ0v) is 13.3. The van der Waals surface area contributed by atoms with Crippen LogP contribution in [-0.2, 0) is 6.54 Å². The third-order valence-corrected chi connectivity index (χ3v) is 4.44. The summed E-state index contributed by atoms with van der Waals surface area (Å²) in [7, 11) is 0. The van der Waals surface area contributed by atoms with Gasteiger partial charge < -0.3 is 5.32 Å². The molecule has 0 unspecified atom stereocenters. The summed E-state index contributed by atoms with van der Waals surface area (Å²) in [4.78, 5) is 14.8. The number of hydrogen-bond acceptors (Lipinski definition) is 4. The van der Waals surface area contributed by atoms with Crippen LogP contribution in [0.25, 0.3) is 11.0 Å². The molecule has 1 saturated heterocycles. The first kappa shape index (κ1) is 14.8. The molecule has 6 heteroatoms. The Balaban J connectivity index is 1.36. The molecule has 1 atom stereocenters. The summed E-state index contributed by atoms with van der Waals surface area (Å²) in [5, 5.41) is 13.7. The van der Waals surface area contributed by atoms with Gasteiger partial charge >= 0.3 is 0 Å². The highest BCUT2D eigenvalue weighted by molar-refractivity contribution is 5.97. The van der Waals surface area contributed by atoms with Crippen LogP contribution in [0, 0.1) is 0 Å². The maximum Gasteiger partial charge on any atom is 0.251 e. The van der Waals surface area contributed by atoms with E-state index in [1.165, 1.54) is 5.56 Å². The number of nitrogens with one attached hydrogen (secondary N) is 2. The van der Waals surface area contributed by atoms with E-state index < -0.39 is 0 Å². The van der Waals surface area contributed by atoms with Crippen molar-refractivity contribution in [1.82, 2.24) is 25.6 Å². The van der Waals surface area contributed by atoms with Crippen molar-refractivity contribution in [3.63, 3.8) is 0 Å². The lowest BCUT2D eigenvalue weighted by molar-refractivity contribution is 0.0938. The number of amides is 1. The molecule has 0 spiro atoms. The first-order valence-electron chi connectivity index (χ1n) is 8.15. The fourth-order valence-corrected chi connectivity index (χ4v) is 3.19. The molecule has 2 N–H and O–H groups in total. The van der Waals surface area contributed by atoms with Crippen LogP contribution >= 0.6 is 0 Å². The molecule has 1 aliphatic heterocycles. The maximum absolute atomic E-state index is 12.4. The Hall–Kier alpha value is -2.73. The van der Waals surface area contributed by atoms with Crippen molar-refractivity contribution in [3.05, 3.63) is 59.7 Å².